The lowest BCUT2D eigenvalue weighted by Crippen LogP contribution is -2.41. The molecule has 2 aliphatic heterocycles. The van der Waals surface area contributed by atoms with E-state index in [1.807, 2.05) is 0 Å². The first-order valence-electron chi connectivity index (χ1n) is 8.47. The summed E-state index contributed by atoms with van der Waals surface area (Å²) in [5.74, 6) is 0. The quantitative estimate of drug-likeness (QED) is 0.801. The minimum atomic E-state index is -0.281. The Labute approximate surface area is 135 Å². The van der Waals surface area contributed by atoms with Crippen LogP contribution >= 0.6 is 0 Å². The highest BCUT2D eigenvalue weighted by molar-refractivity contribution is 6.62. The van der Waals surface area contributed by atoms with Gasteiger partial charge >= 0.3 is 7.12 Å². The number of benzene rings is 1. The van der Waals surface area contributed by atoms with Crippen molar-refractivity contribution in [2.45, 2.75) is 71.2 Å². The van der Waals surface area contributed by atoms with E-state index in [4.69, 9.17) is 9.31 Å². The van der Waals surface area contributed by atoms with Crippen LogP contribution in [0.4, 0.5) is 0 Å². The zero-order valence-electron chi connectivity index (χ0n) is 14.6. The molecule has 22 heavy (non-hydrogen) atoms. The number of rotatable bonds is 3. The summed E-state index contributed by atoms with van der Waals surface area (Å²) in [6, 6.07) is 9.38. The van der Waals surface area contributed by atoms with Gasteiger partial charge in [0.05, 0.1) is 11.2 Å². The lowest BCUT2D eigenvalue weighted by atomic mass is 9.78. The summed E-state index contributed by atoms with van der Waals surface area (Å²) in [4.78, 5) is 2.56. The molecule has 2 aliphatic rings. The predicted octanol–water partition coefficient (Wildman–Crippen LogP) is 2.97. The molecule has 4 heteroatoms. The Bertz CT molecular complexity index is 528. The van der Waals surface area contributed by atoms with Crippen LogP contribution in [0.1, 0.15) is 53.0 Å². The summed E-state index contributed by atoms with van der Waals surface area (Å²) in [6.45, 7) is 13.0. The molecule has 0 bridgehead atoms. The van der Waals surface area contributed by atoms with Crippen LogP contribution in [-0.2, 0) is 15.9 Å². The Morgan fingerprint density at radius 1 is 1.18 bits per heavy atom. The molecule has 0 N–H and O–H groups in total. The van der Waals surface area contributed by atoms with E-state index in [1.165, 1.54) is 24.9 Å². The molecule has 0 amide bonds. The number of hydrogen-bond acceptors (Lipinski definition) is 3. The van der Waals surface area contributed by atoms with E-state index in [0.717, 1.165) is 12.0 Å². The Kier molecular flexibility index (Phi) is 4.13. The average molecular weight is 301 g/mol. The van der Waals surface area contributed by atoms with Crippen LogP contribution in [0.25, 0.3) is 0 Å². The molecule has 1 aromatic carbocycles. The van der Waals surface area contributed by atoms with E-state index >= 15 is 0 Å². The molecule has 0 aliphatic carbocycles. The summed E-state index contributed by atoms with van der Waals surface area (Å²) >= 11 is 0. The summed E-state index contributed by atoms with van der Waals surface area (Å²) in [7, 11) is -0.263. The first-order chi connectivity index (χ1) is 10.3. The third kappa shape index (κ3) is 2.97. The fourth-order valence-electron chi connectivity index (χ4n) is 3.28. The van der Waals surface area contributed by atoms with Gasteiger partial charge in [0.2, 0.25) is 0 Å². The maximum absolute atomic E-state index is 6.16. The van der Waals surface area contributed by atoms with E-state index in [-0.39, 0.29) is 18.3 Å². The van der Waals surface area contributed by atoms with Crippen LogP contribution in [0.2, 0.25) is 0 Å². The van der Waals surface area contributed by atoms with E-state index in [0.29, 0.717) is 6.04 Å². The van der Waals surface area contributed by atoms with Crippen molar-refractivity contribution in [3.63, 3.8) is 0 Å². The largest absolute Gasteiger partial charge is 0.494 e. The molecule has 0 aromatic heterocycles. The highest BCUT2D eigenvalue weighted by atomic mass is 16.7. The van der Waals surface area contributed by atoms with Crippen LogP contribution in [0.3, 0.4) is 0 Å². The molecular weight excluding hydrogens is 273 g/mol. The standard InChI is InChI=1S/C18H28BNO2/c1-14-8-7-11-20(14)13-15-9-6-10-16(12-15)19-21-17(2,3)18(4,5)22-19/h6,9-10,12,14H,7-8,11,13H2,1-5H3. The zero-order chi connectivity index (χ0) is 16.0. The Balaban J connectivity index is 1.75. The van der Waals surface area contributed by atoms with Crippen LogP contribution in [0, 0.1) is 0 Å². The Morgan fingerprint density at radius 3 is 2.45 bits per heavy atom. The normalized spacial score (nSPS) is 27.5. The molecule has 1 unspecified atom stereocenters. The van der Waals surface area contributed by atoms with Gasteiger partial charge in [0.1, 0.15) is 0 Å². The number of likely N-dealkylation sites (tertiary alicyclic amines) is 1. The van der Waals surface area contributed by atoms with Crippen LogP contribution in [0.5, 0.6) is 0 Å². The molecule has 1 aromatic rings. The molecule has 2 saturated heterocycles. The van der Waals surface area contributed by atoms with Crippen molar-refractivity contribution in [1.29, 1.82) is 0 Å². The zero-order valence-corrected chi connectivity index (χ0v) is 14.6. The molecule has 2 heterocycles. The van der Waals surface area contributed by atoms with Crippen LogP contribution in [0.15, 0.2) is 24.3 Å². The maximum atomic E-state index is 6.16. The van der Waals surface area contributed by atoms with Gasteiger partial charge in [-0.2, -0.15) is 0 Å². The van der Waals surface area contributed by atoms with Gasteiger partial charge in [0.25, 0.3) is 0 Å². The average Bonchev–Trinajstić information content (AvgIpc) is 2.92. The summed E-state index contributed by atoms with van der Waals surface area (Å²) in [6.07, 6.45) is 2.63. The van der Waals surface area contributed by atoms with Gasteiger partial charge in [-0.1, -0.05) is 24.3 Å². The minimum Gasteiger partial charge on any atom is -0.399 e. The molecular formula is C18H28BNO2. The SMILES string of the molecule is CC1CCCN1Cc1cccc(B2OC(C)(C)C(C)(C)O2)c1. The van der Waals surface area contributed by atoms with E-state index in [9.17, 15) is 0 Å². The summed E-state index contributed by atoms with van der Waals surface area (Å²) < 4.78 is 12.3. The van der Waals surface area contributed by atoms with Crippen molar-refractivity contribution in [1.82, 2.24) is 4.90 Å². The van der Waals surface area contributed by atoms with E-state index < -0.39 is 0 Å². The fraction of sp³-hybridized carbons (Fsp3) is 0.667. The molecule has 120 valence electrons. The monoisotopic (exact) mass is 301 g/mol. The van der Waals surface area contributed by atoms with Gasteiger partial charge in [-0.25, -0.2) is 0 Å². The molecule has 0 saturated carbocycles. The molecule has 3 nitrogen and oxygen atoms in total. The fourth-order valence-corrected chi connectivity index (χ4v) is 3.28. The lowest BCUT2D eigenvalue weighted by Gasteiger charge is -2.32. The van der Waals surface area contributed by atoms with Crippen molar-refractivity contribution in [3.05, 3.63) is 29.8 Å². The van der Waals surface area contributed by atoms with E-state index in [2.05, 4.69) is 63.8 Å². The second kappa shape index (κ2) is 5.66. The highest BCUT2D eigenvalue weighted by Gasteiger charge is 2.51. The summed E-state index contributed by atoms with van der Waals surface area (Å²) in [5.41, 5.74) is 1.91. The van der Waals surface area contributed by atoms with Gasteiger partial charge in [-0.05, 0) is 65.0 Å². The van der Waals surface area contributed by atoms with Crippen molar-refractivity contribution in [2.75, 3.05) is 6.54 Å². The Morgan fingerprint density at radius 2 is 1.86 bits per heavy atom. The second-order valence-corrected chi connectivity index (χ2v) is 7.80. The van der Waals surface area contributed by atoms with E-state index in [1.54, 1.807) is 0 Å². The van der Waals surface area contributed by atoms with Crippen molar-refractivity contribution < 1.29 is 9.31 Å². The smallest absolute Gasteiger partial charge is 0.399 e. The van der Waals surface area contributed by atoms with Gasteiger partial charge in [0.15, 0.2) is 0 Å². The number of nitrogens with zero attached hydrogens (tertiary/aromatic N) is 1. The minimum absolute atomic E-state index is 0.263. The van der Waals surface area contributed by atoms with Crippen molar-refractivity contribution in [2.24, 2.45) is 0 Å². The maximum Gasteiger partial charge on any atom is 0.494 e. The van der Waals surface area contributed by atoms with Gasteiger partial charge in [-0.15, -0.1) is 0 Å². The third-order valence-electron chi connectivity index (χ3n) is 5.55. The first kappa shape index (κ1) is 16.0. The summed E-state index contributed by atoms with van der Waals surface area (Å²) in [5, 5.41) is 0. The number of hydrogen-bond donors (Lipinski definition) is 0. The molecule has 0 spiro atoms. The van der Waals surface area contributed by atoms with Crippen LogP contribution < -0.4 is 5.46 Å². The Hall–Kier alpha value is -0.835. The van der Waals surface area contributed by atoms with Crippen molar-refractivity contribution in [3.8, 4) is 0 Å². The molecule has 3 rings (SSSR count). The lowest BCUT2D eigenvalue weighted by molar-refractivity contribution is 0.00578. The molecule has 0 radical (unpaired) electrons. The van der Waals surface area contributed by atoms with Crippen molar-refractivity contribution >= 4 is 12.6 Å². The highest BCUT2D eigenvalue weighted by Crippen LogP contribution is 2.36. The molecule has 1 atom stereocenters. The topological polar surface area (TPSA) is 21.7 Å². The second-order valence-electron chi connectivity index (χ2n) is 7.80. The first-order valence-corrected chi connectivity index (χ1v) is 8.47. The molecule has 2 fully saturated rings. The predicted molar refractivity (Wildman–Crippen MR) is 91.3 cm³/mol. The third-order valence-corrected chi connectivity index (χ3v) is 5.55. The van der Waals surface area contributed by atoms with Crippen LogP contribution in [-0.4, -0.2) is 35.8 Å². The van der Waals surface area contributed by atoms with Gasteiger partial charge < -0.3 is 9.31 Å². The van der Waals surface area contributed by atoms with Gasteiger partial charge in [0, 0.05) is 12.6 Å². The van der Waals surface area contributed by atoms with Gasteiger partial charge in [-0.3, -0.25) is 4.90 Å².